The van der Waals surface area contributed by atoms with Crippen LogP contribution in [0, 0.1) is 0 Å². The van der Waals surface area contributed by atoms with E-state index in [1.807, 2.05) is 36.6 Å². The molecule has 2 rings (SSSR count). The molecule has 2 N–H and O–H groups in total. The van der Waals surface area contributed by atoms with Crippen molar-refractivity contribution >= 4 is 22.9 Å². The minimum Gasteiger partial charge on any atom is -0.328 e. The summed E-state index contributed by atoms with van der Waals surface area (Å²) in [5.41, 5.74) is 7.77. The van der Waals surface area contributed by atoms with Gasteiger partial charge in [-0.05, 0) is 13.0 Å². The number of thiazole rings is 1. The molecule has 1 aromatic carbocycles. The predicted molar refractivity (Wildman–Crippen MR) is 69.9 cm³/mol. The van der Waals surface area contributed by atoms with Crippen molar-refractivity contribution in [2.24, 2.45) is 5.73 Å². The number of nitrogens with two attached hydrogens (primary N) is 1. The molecule has 4 heteroatoms. The van der Waals surface area contributed by atoms with E-state index in [9.17, 15) is 0 Å². The highest BCUT2D eigenvalue weighted by molar-refractivity contribution is 7.13. The van der Waals surface area contributed by atoms with E-state index in [0.717, 1.165) is 27.7 Å². The summed E-state index contributed by atoms with van der Waals surface area (Å²) >= 11 is 7.72. The summed E-state index contributed by atoms with van der Waals surface area (Å²) < 4.78 is 0. The van der Waals surface area contributed by atoms with Crippen LogP contribution in [0.5, 0.6) is 0 Å². The van der Waals surface area contributed by atoms with Crippen molar-refractivity contribution in [3.05, 3.63) is 40.4 Å². The van der Waals surface area contributed by atoms with Crippen LogP contribution in [0.15, 0.2) is 29.6 Å². The van der Waals surface area contributed by atoms with Crippen molar-refractivity contribution in [2.45, 2.75) is 19.4 Å². The Kier molecular flexibility index (Phi) is 3.59. The van der Waals surface area contributed by atoms with Gasteiger partial charge >= 0.3 is 0 Å². The van der Waals surface area contributed by atoms with E-state index < -0.39 is 0 Å². The summed E-state index contributed by atoms with van der Waals surface area (Å²) in [6.45, 7) is 1.98. The summed E-state index contributed by atoms with van der Waals surface area (Å²) in [4.78, 5) is 4.54. The second-order valence-electron chi connectivity index (χ2n) is 3.81. The van der Waals surface area contributed by atoms with Crippen molar-refractivity contribution < 1.29 is 0 Å². The molecule has 0 aliphatic heterocycles. The van der Waals surface area contributed by atoms with E-state index in [1.54, 1.807) is 11.3 Å². The third-order valence-electron chi connectivity index (χ3n) is 2.19. The van der Waals surface area contributed by atoms with Crippen LogP contribution in [-0.4, -0.2) is 11.0 Å². The molecule has 0 amide bonds. The maximum Gasteiger partial charge on any atom is 0.125 e. The number of hydrogen-bond donors (Lipinski definition) is 1. The first-order valence-electron chi connectivity index (χ1n) is 5.11. The van der Waals surface area contributed by atoms with Gasteiger partial charge in [0, 0.05) is 23.4 Å². The van der Waals surface area contributed by atoms with Gasteiger partial charge in [0.1, 0.15) is 5.01 Å². The predicted octanol–water partition coefficient (Wildman–Crippen LogP) is 3.35. The maximum absolute atomic E-state index is 6.12. The third kappa shape index (κ3) is 2.61. The second kappa shape index (κ2) is 4.95. The molecule has 0 spiro atoms. The fourth-order valence-corrected chi connectivity index (χ4v) is 2.64. The highest BCUT2D eigenvalue weighted by Crippen LogP contribution is 2.30. The van der Waals surface area contributed by atoms with Gasteiger partial charge in [0.15, 0.2) is 0 Å². The molecule has 1 atom stereocenters. The van der Waals surface area contributed by atoms with Gasteiger partial charge in [-0.3, -0.25) is 0 Å². The molecule has 1 aromatic heterocycles. The van der Waals surface area contributed by atoms with Crippen LogP contribution in [-0.2, 0) is 6.42 Å². The Bertz CT molecular complexity index is 479. The van der Waals surface area contributed by atoms with Crippen molar-refractivity contribution in [1.29, 1.82) is 0 Å². The molecule has 2 aromatic rings. The monoisotopic (exact) mass is 252 g/mol. The Hall–Kier alpha value is -0.900. The highest BCUT2D eigenvalue weighted by Gasteiger charge is 2.08. The molecule has 0 radical (unpaired) electrons. The Balaban J connectivity index is 2.28. The zero-order valence-electron chi connectivity index (χ0n) is 8.98. The normalized spacial score (nSPS) is 12.7. The van der Waals surface area contributed by atoms with Crippen LogP contribution >= 0.6 is 22.9 Å². The summed E-state index contributed by atoms with van der Waals surface area (Å²) in [6.07, 6.45) is 0.807. The van der Waals surface area contributed by atoms with E-state index in [4.69, 9.17) is 17.3 Å². The van der Waals surface area contributed by atoms with Gasteiger partial charge in [-0.15, -0.1) is 11.3 Å². The number of rotatable bonds is 3. The SMILES string of the molecule is CC(N)Cc1csc(-c2ccccc2Cl)n1. The Morgan fingerprint density at radius 1 is 1.44 bits per heavy atom. The lowest BCUT2D eigenvalue weighted by molar-refractivity contribution is 0.726. The van der Waals surface area contributed by atoms with Gasteiger partial charge < -0.3 is 5.73 Å². The molecule has 1 heterocycles. The number of halogens is 1. The van der Waals surface area contributed by atoms with Crippen molar-refractivity contribution in [3.63, 3.8) is 0 Å². The first-order chi connectivity index (χ1) is 7.66. The van der Waals surface area contributed by atoms with Gasteiger partial charge in [-0.2, -0.15) is 0 Å². The van der Waals surface area contributed by atoms with E-state index in [1.165, 1.54) is 0 Å². The Labute approximate surface area is 104 Å². The van der Waals surface area contributed by atoms with Gasteiger partial charge in [-0.1, -0.05) is 29.8 Å². The molecule has 1 unspecified atom stereocenters. The number of nitrogens with zero attached hydrogens (tertiary/aromatic N) is 1. The van der Waals surface area contributed by atoms with Crippen LogP contribution in [0.3, 0.4) is 0 Å². The molecular formula is C12H13ClN2S. The fourth-order valence-electron chi connectivity index (χ4n) is 1.49. The van der Waals surface area contributed by atoms with Crippen molar-refractivity contribution in [3.8, 4) is 10.6 Å². The van der Waals surface area contributed by atoms with Crippen LogP contribution < -0.4 is 5.73 Å². The Morgan fingerprint density at radius 2 is 2.19 bits per heavy atom. The highest BCUT2D eigenvalue weighted by atomic mass is 35.5. The zero-order chi connectivity index (χ0) is 11.5. The van der Waals surface area contributed by atoms with Crippen LogP contribution in [0.25, 0.3) is 10.6 Å². The van der Waals surface area contributed by atoms with Gasteiger partial charge in [0.2, 0.25) is 0 Å². The van der Waals surface area contributed by atoms with E-state index in [2.05, 4.69) is 4.98 Å². The molecule has 0 fully saturated rings. The average Bonchev–Trinajstić information content (AvgIpc) is 2.66. The summed E-state index contributed by atoms with van der Waals surface area (Å²) in [5.74, 6) is 0. The van der Waals surface area contributed by atoms with E-state index in [-0.39, 0.29) is 6.04 Å². The fraction of sp³-hybridized carbons (Fsp3) is 0.250. The summed E-state index contributed by atoms with van der Waals surface area (Å²) in [6, 6.07) is 7.89. The quantitative estimate of drug-likeness (QED) is 0.910. The van der Waals surface area contributed by atoms with Crippen LogP contribution in [0.4, 0.5) is 0 Å². The number of hydrogen-bond acceptors (Lipinski definition) is 3. The lowest BCUT2D eigenvalue weighted by atomic mass is 10.2. The summed E-state index contributed by atoms with van der Waals surface area (Å²) in [7, 11) is 0. The molecular weight excluding hydrogens is 240 g/mol. The van der Waals surface area contributed by atoms with E-state index >= 15 is 0 Å². The largest absolute Gasteiger partial charge is 0.328 e. The molecule has 16 heavy (non-hydrogen) atoms. The number of aromatic nitrogens is 1. The first kappa shape index (κ1) is 11.6. The second-order valence-corrected chi connectivity index (χ2v) is 5.07. The molecule has 0 saturated heterocycles. The van der Waals surface area contributed by atoms with Gasteiger partial charge in [-0.25, -0.2) is 4.98 Å². The van der Waals surface area contributed by atoms with Crippen LogP contribution in [0.1, 0.15) is 12.6 Å². The van der Waals surface area contributed by atoms with Crippen molar-refractivity contribution in [1.82, 2.24) is 4.98 Å². The number of benzene rings is 1. The minimum atomic E-state index is 0.140. The van der Waals surface area contributed by atoms with Gasteiger partial charge in [0.05, 0.1) is 10.7 Å². The molecule has 84 valence electrons. The standard InChI is InChI=1S/C12H13ClN2S/c1-8(14)6-9-7-16-12(15-9)10-4-2-3-5-11(10)13/h2-5,7-8H,6,14H2,1H3. The molecule has 0 bridgehead atoms. The van der Waals surface area contributed by atoms with Crippen molar-refractivity contribution in [2.75, 3.05) is 0 Å². The zero-order valence-corrected chi connectivity index (χ0v) is 10.6. The molecule has 0 aliphatic rings. The van der Waals surface area contributed by atoms with Crippen LogP contribution in [0.2, 0.25) is 5.02 Å². The third-order valence-corrected chi connectivity index (χ3v) is 3.44. The average molecular weight is 253 g/mol. The minimum absolute atomic E-state index is 0.140. The summed E-state index contributed by atoms with van der Waals surface area (Å²) in [5, 5.41) is 3.74. The lowest BCUT2D eigenvalue weighted by Gasteiger charge is -2.00. The lowest BCUT2D eigenvalue weighted by Crippen LogP contribution is -2.17. The topological polar surface area (TPSA) is 38.9 Å². The van der Waals surface area contributed by atoms with Gasteiger partial charge in [0.25, 0.3) is 0 Å². The first-order valence-corrected chi connectivity index (χ1v) is 6.37. The smallest absolute Gasteiger partial charge is 0.125 e. The maximum atomic E-state index is 6.12. The van der Waals surface area contributed by atoms with E-state index in [0.29, 0.717) is 0 Å². The molecule has 0 saturated carbocycles. The molecule has 0 aliphatic carbocycles. The Morgan fingerprint density at radius 3 is 2.88 bits per heavy atom. The molecule has 2 nitrogen and oxygen atoms in total.